The summed E-state index contributed by atoms with van der Waals surface area (Å²) in [6.45, 7) is 37.3. The lowest BCUT2D eigenvalue weighted by Crippen LogP contribution is -2.18. The van der Waals surface area contributed by atoms with Gasteiger partial charge in [0.15, 0.2) is 0 Å². The Balaban J connectivity index is 1.99. The van der Waals surface area contributed by atoms with Crippen LogP contribution < -0.4 is 18.9 Å². The molecule has 396 valence electrons. The third kappa shape index (κ3) is 16.4. The van der Waals surface area contributed by atoms with Crippen LogP contribution in [0.15, 0.2) is 48.5 Å². The van der Waals surface area contributed by atoms with Gasteiger partial charge in [0.25, 0.3) is 0 Å². The van der Waals surface area contributed by atoms with Gasteiger partial charge in [0.05, 0.1) is 52.5 Å². The molecule has 0 saturated carbocycles. The molecule has 5 rings (SSSR count). The Morgan fingerprint density at radius 2 is 0.611 bits per heavy atom. The summed E-state index contributed by atoms with van der Waals surface area (Å²) in [5.41, 5.74) is 12.4. The summed E-state index contributed by atoms with van der Waals surface area (Å²) in [5, 5.41) is 0. The van der Waals surface area contributed by atoms with Gasteiger partial charge in [0.2, 0.25) is 0 Å². The van der Waals surface area contributed by atoms with Crippen LogP contribution >= 0.6 is 23.5 Å². The minimum Gasteiger partial charge on any atom is -0.492 e. The molecule has 0 aliphatic heterocycles. The minimum absolute atomic E-state index is 0.131. The van der Waals surface area contributed by atoms with E-state index in [0.29, 0.717) is 52.1 Å². The molecule has 4 aromatic carbocycles. The molecule has 8 bridgehead atoms. The maximum Gasteiger partial charge on any atom is 0.309 e. The van der Waals surface area contributed by atoms with Gasteiger partial charge >= 0.3 is 11.9 Å². The zero-order chi connectivity index (χ0) is 53.0. The first-order valence-corrected chi connectivity index (χ1v) is 28.8. The van der Waals surface area contributed by atoms with Crippen molar-refractivity contribution in [2.24, 2.45) is 0 Å². The number of carbonyl (C=O) groups is 2. The van der Waals surface area contributed by atoms with Gasteiger partial charge in [0, 0.05) is 37.2 Å². The van der Waals surface area contributed by atoms with Gasteiger partial charge in [-0.15, -0.1) is 0 Å². The van der Waals surface area contributed by atoms with Crippen LogP contribution in [-0.2, 0) is 66.4 Å². The normalized spacial score (nSPS) is 13.1. The van der Waals surface area contributed by atoms with Gasteiger partial charge in [-0.25, -0.2) is 0 Å². The zero-order valence-electron chi connectivity index (χ0n) is 47.0. The highest BCUT2D eigenvalue weighted by atomic mass is 32.2. The first kappa shape index (κ1) is 58.6. The second-order valence-electron chi connectivity index (χ2n) is 23.1. The summed E-state index contributed by atoms with van der Waals surface area (Å²) >= 11 is 3.74. The summed E-state index contributed by atoms with van der Waals surface area (Å²) in [7, 11) is 0. The number of fused-ring (bicyclic) bond motifs is 8. The molecule has 0 radical (unpaired) electrons. The first-order chi connectivity index (χ1) is 33.9. The van der Waals surface area contributed by atoms with E-state index in [4.69, 9.17) is 28.4 Å². The van der Waals surface area contributed by atoms with Gasteiger partial charge in [0.1, 0.15) is 23.0 Å². The first-order valence-electron chi connectivity index (χ1n) is 26.5. The van der Waals surface area contributed by atoms with Crippen LogP contribution in [0.25, 0.3) is 0 Å². The highest BCUT2D eigenvalue weighted by Gasteiger charge is 2.30. The summed E-state index contributed by atoms with van der Waals surface area (Å²) in [4.78, 5) is 25.8. The Bertz CT molecular complexity index is 2190. The predicted molar refractivity (Wildman–Crippen MR) is 302 cm³/mol. The molecule has 0 amide bonds. The smallest absolute Gasteiger partial charge is 0.309 e. The SMILES string of the molecule is CCOC(=O)CCOc1c2cc(C(C)(C)C)cc1Cc1cc(C(C)(C)C)cc(c1OCCSCC)Cc1cc(C(C)(C)C)cc(c1OCCC(=O)OCC)Cc1cc(C(C)(C)C)cc(c1OCCSCC)C2. The van der Waals surface area contributed by atoms with Crippen molar-refractivity contribution in [3.8, 4) is 23.0 Å². The van der Waals surface area contributed by atoms with Crippen molar-refractivity contribution in [1.29, 1.82) is 0 Å². The monoisotopic (exact) mass is 1020 g/mol. The number of ether oxygens (including phenoxy) is 6. The number of carbonyl (C=O) groups excluding carboxylic acids is 2. The van der Waals surface area contributed by atoms with E-state index < -0.39 is 0 Å². The van der Waals surface area contributed by atoms with Crippen LogP contribution in [0, 0.1) is 0 Å². The van der Waals surface area contributed by atoms with Gasteiger partial charge in [-0.3, -0.25) is 9.59 Å². The van der Waals surface area contributed by atoms with E-state index in [0.717, 1.165) is 90.5 Å². The third-order valence-corrected chi connectivity index (χ3v) is 14.8. The molecule has 0 fully saturated rings. The molecule has 0 saturated heterocycles. The maximum atomic E-state index is 12.9. The fraction of sp³-hybridized carbons (Fsp3) is 0.581. The molecule has 1 aliphatic carbocycles. The number of thioether (sulfide) groups is 2. The molecule has 0 heterocycles. The molecule has 0 atom stereocenters. The Morgan fingerprint density at radius 3 is 0.806 bits per heavy atom. The average Bonchev–Trinajstić information content (AvgIpc) is 3.27. The lowest BCUT2D eigenvalue weighted by Gasteiger charge is -2.29. The van der Waals surface area contributed by atoms with E-state index in [2.05, 4.69) is 145 Å². The van der Waals surface area contributed by atoms with E-state index in [1.54, 1.807) is 0 Å². The predicted octanol–water partition coefficient (Wildman–Crippen LogP) is 14.5. The number of esters is 2. The summed E-state index contributed by atoms with van der Waals surface area (Å²) in [5.74, 6) is 6.43. The van der Waals surface area contributed by atoms with E-state index in [-0.39, 0.29) is 59.7 Å². The summed E-state index contributed by atoms with van der Waals surface area (Å²) in [6, 6.07) is 18.6. The lowest BCUT2D eigenvalue weighted by atomic mass is 9.79. The standard InChI is InChI=1S/C62H88O8S2/c1-17-65-53(63)21-23-67-55-41-29-45-37-51(61(11,12)13)39-47(57(45)69-25-27-71-19-3)31-43-35-50(60(8,9)10)36-44(56(43)68-24-22-54(64)66-18-2)32-48-40-52(62(14,15)16)38-46(58(48)70-26-28-72-20-4)30-42(55)34-49(33-41)59(5,6)7/h33-40H,17-32H2,1-16H3. The highest BCUT2D eigenvalue weighted by molar-refractivity contribution is 7.99. The van der Waals surface area contributed by atoms with Crippen molar-refractivity contribution in [3.05, 3.63) is 115 Å². The zero-order valence-corrected chi connectivity index (χ0v) is 48.6. The average molecular weight is 1030 g/mol. The lowest BCUT2D eigenvalue weighted by molar-refractivity contribution is -0.144. The Hall–Kier alpha value is -4.28. The highest BCUT2D eigenvalue weighted by Crippen LogP contribution is 2.44. The van der Waals surface area contributed by atoms with Gasteiger partial charge < -0.3 is 28.4 Å². The second-order valence-corrected chi connectivity index (χ2v) is 25.9. The van der Waals surface area contributed by atoms with E-state index in [1.165, 1.54) is 22.3 Å². The van der Waals surface area contributed by atoms with Crippen LogP contribution in [0.1, 0.15) is 190 Å². The molecule has 4 aromatic rings. The third-order valence-electron chi connectivity index (χ3n) is 13.0. The van der Waals surface area contributed by atoms with Crippen LogP contribution in [0.4, 0.5) is 0 Å². The van der Waals surface area contributed by atoms with Crippen molar-refractivity contribution in [3.63, 3.8) is 0 Å². The van der Waals surface area contributed by atoms with Crippen molar-refractivity contribution >= 4 is 35.5 Å². The quantitative estimate of drug-likeness (QED) is 0.0555. The molecule has 10 heteroatoms. The van der Waals surface area contributed by atoms with Crippen LogP contribution in [0.2, 0.25) is 0 Å². The van der Waals surface area contributed by atoms with Crippen molar-refractivity contribution in [2.45, 2.75) is 171 Å². The largest absolute Gasteiger partial charge is 0.492 e. The summed E-state index contributed by atoms with van der Waals surface area (Å²) in [6.07, 6.45) is 2.37. The number of rotatable bonds is 20. The van der Waals surface area contributed by atoms with Crippen molar-refractivity contribution in [1.82, 2.24) is 0 Å². The molecule has 0 aromatic heterocycles. The van der Waals surface area contributed by atoms with Crippen molar-refractivity contribution < 1.29 is 38.0 Å². The fourth-order valence-electron chi connectivity index (χ4n) is 9.00. The van der Waals surface area contributed by atoms with Crippen LogP contribution in [0.3, 0.4) is 0 Å². The second kappa shape index (κ2) is 25.8. The molecule has 8 nitrogen and oxygen atoms in total. The molecule has 1 aliphatic rings. The fourth-order valence-corrected chi connectivity index (χ4v) is 9.98. The number of hydrogen-bond donors (Lipinski definition) is 0. The Morgan fingerprint density at radius 1 is 0.389 bits per heavy atom. The Kier molecular flexibility index (Phi) is 21.0. The molecule has 72 heavy (non-hydrogen) atoms. The maximum absolute atomic E-state index is 12.9. The molecular formula is C62H88O8S2. The van der Waals surface area contributed by atoms with Gasteiger partial charge in [-0.1, -0.05) is 145 Å². The molecule has 0 unspecified atom stereocenters. The number of benzene rings is 4. The number of hydrogen-bond acceptors (Lipinski definition) is 10. The minimum atomic E-state index is -0.283. The summed E-state index contributed by atoms with van der Waals surface area (Å²) < 4.78 is 38.9. The molecule has 0 N–H and O–H groups in total. The van der Waals surface area contributed by atoms with Gasteiger partial charge in [-0.2, -0.15) is 23.5 Å². The van der Waals surface area contributed by atoms with Crippen LogP contribution in [-0.4, -0.2) is 74.6 Å². The molecule has 0 spiro atoms. The topological polar surface area (TPSA) is 89.5 Å². The van der Waals surface area contributed by atoms with E-state index in [1.807, 2.05) is 37.4 Å². The van der Waals surface area contributed by atoms with E-state index >= 15 is 0 Å². The molecular weight excluding hydrogens is 937 g/mol. The van der Waals surface area contributed by atoms with Gasteiger partial charge in [-0.05, 0) is 114 Å². The Labute approximate surface area is 443 Å². The van der Waals surface area contributed by atoms with E-state index in [9.17, 15) is 9.59 Å². The van der Waals surface area contributed by atoms with Crippen molar-refractivity contribution in [2.75, 3.05) is 62.7 Å². The van der Waals surface area contributed by atoms with Crippen LogP contribution in [0.5, 0.6) is 23.0 Å².